The molecule has 0 aromatic heterocycles. The molecule has 0 fully saturated rings. The first-order valence-electron chi connectivity index (χ1n) is 4.91. The van der Waals surface area contributed by atoms with Crippen LogP contribution in [0.5, 0.6) is 0 Å². The lowest BCUT2D eigenvalue weighted by Gasteiger charge is -2.26. The summed E-state index contributed by atoms with van der Waals surface area (Å²) in [6.07, 6.45) is 4.26. The molecule has 0 aromatic rings. The Morgan fingerprint density at radius 2 is 2.21 bits per heavy atom. The van der Waals surface area contributed by atoms with Crippen molar-refractivity contribution in [3.05, 3.63) is 23.8 Å². The summed E-state index contributed by atoms with van der Waals surface area (Å²) >= 11 is 0. The van der Waals surface area contributed by atoms with Gasteiger partial charge < -0.3 is 11.5 Å². The minimum Gasteiger partial charge on any atom is -0.370 e. The van der Waals surface area contributed by atoms with Crippen LogP contribution in [0.2, 0.25) is 0 Å². The van der Waals surface area contributed by atoms with E-state index in [1.54, 1.807) is 0 Å². The number of hydrogen-bond acceptors (Lipinski definition) is 1. The second-order valence-corrected chi connectivity index (χ2v) is 4.03. The first-order valence-corrected chi connectivity index (χ1v) is 4.91. The molecule has 0 aromatic carbocycles. The fourth-order valence-electron chi connectivity index (χ4n) is 1.75. The van der Waals surface area contributed by atoms with Crippen LogP contribution in [-0.4, -0.2) is 12.0 Å². The first-order chi connectivity index (χ1) is 6.50. The van der Waals surface area contributed by atoms with E-state index in [-0.39, 0.29) is 12.0 Å². The summed E-state index contributed by atoms with van der Waals surface area (Å²) in [5, 5.41) is 0. The molecule has 0 saturated carbocycles. The van der Waals surface area contributed by atoms with Crippen molar-refractivity contribution in [1.82, 2.24) is 0 Å². The number of aliphatic imine (C=N–C) groups is 1. The van der Waals surface area contributed by atoms with Crippen molar-refractivity contribution >= 4 is 5.96 Å². The van der Waals surface area contributed by atoms with Gasteiger partial charge in [0.05, 0.1) is 6.04 Å². The van der Waals surface area contributed by atoms with Crippen molar-refractivity contribution in [3.63, 3.8) is 0 Å². The molecular formula is C11H19N3. The maximum absolute atomic E-state index is 5.39. The lowest BCUT2D eigenvalue weighted by Crippen LogP contribution is -2.28. The predicted molar refractivity (Wildman–Crippen MR) is 60.9 cm³/mol. The lowest BCUT2D eigenvalue weighted by atomic mass is 9.83. The van der Waals surface area contributed by atoms with Crippen LogP contribution in [0.1, 0.15) is 26.7 Å². The minimum absolute atomic E-state index is 0.149. The molecule has 3 heteroatoms. The summed E-state index contributed by atoms with van der Waals surface area (Å²) in [6, 6.07) is 0.149. The normalized spacial score (nSPS) is 26.6. The molecule has 0 radical (unpaired) electrons. The first kappa shape index (κ1) is 10.8. The summed E-state index contributed by atoms with van der Waals surface area (Å²) in [5.41, 5.74) is 13.2. The van der Waals surface area contributed by atoms with Gasteiger partial charge in [0.2, 0.25) is 0 Å². The van der Waals surface area contributed by atoms with Crippen molar-refractivity contribution in [2.24, 2.45) is 22.4 Å². The van der Waals surface area contributed by atoms with Gasteiger partial charge in [-0.25, -0.2) is 4.99 Å². The summed E-state index contributed by atoms with van der Waals surface area (Å²) in [4.78, 5) is 4.21. The van der Waals surface area contributed by atoms with E-state index < -0.39 is 0 Å². The Morgan fingerprint density at radius 1 is 1.57 bits per heavy atom. The Balaban J connectivity index is 2.77. The predicted octanol–water partition coefficient (Wildman–Crippen LogP) is 1.56. The van der Waals surface area contributed by atoms with E-state index in [1.165, 1.54) is 11.1 Å². The van der Waals surface area contributed by atoms with Gasteiger partial charge in [-0.3, -0.25) is 0 Å². The third-order valence-electron chi connectivity index (χ3n) is 2.76. The topological polar surface area (TPSA) is 64.4 Å². The van der Waals surface area contributed by atoms with Crippen LogP contribution in [-0.2, 0) is 0 Å². The van der Waals surface area contributed by atoms with Gasteiger partial charge >= 0.3 is 0 Å². The maximum Gasteiger partial charge on any atom is 0.186 e. The van der Waals surface area contributed by atoms with Gasteiger partial charge in [-0.15, -0.1) is 0 Å². The zero-order chi connectivity index (χ0) is 10.7. The highest BCUT2D eigenvalue weighted by Gasteiger charge is 2.21. The zero-order valence-corrected chi connectivity index (χ0v) is 8.96. The smallest absolute Gasteiger partial charge is 0.186 e. The van der Waals surface area contributed by atoms with E-state index >= 15 is 0 Å². The van der Waals surface area contributed by atoms with Crippen molar-refractivity contribution in [2.75, 3.05) is 0 Å². The molecule has 0 amide bonds. The molecule has 2 atom stereocenters. The van der Waals surface area contributed by atoms with E-state index in [9.17, 15) is 0 Å². The molecule has 0 heterocycles. The van der Waals surface area contributed by atoms with Crippen LogP contribution < -0.4 is 11.5 Å². The number of guanidine groups is 1. The van der Waals surface area contributed by atoms with Gasteiger partial charge in [-0.2, -0.15) is 0 Å². The molecule has 14 heavy (non-hydrogen) atoms. The molecule has 1 rings (SSSR count). The second-order valence-electron chi connectivity index (χ2n) is 4.03. The molecule has 1 aliphatic carbocycles. The van der Waals surface area contributed by atoms with Crippen LogP contribution in [0.4, 0.5) is 0 Å². The van der Waals surface area contributed by atoms with Crippen LogP contribution in [0.15, 0.2) is 28.8 Å². The molecule has 3 nitrogen and oxygen atoms in total. The molecule has 1 aliphatic rings. The van der Waals surface area contributed by atoms with Gasteiger partial charge in [-0.1, -0.05) is 23.8 Å². The van der Waals surface area contributed by atoms with Gasteiger partial charge in [0.1, 0.15) is 0 Å². The Bertz CT molecular complexity index is 285. The van der Waals surface area contributed by atoms with Crippen molar-refractivity contribution in [3.8, 4) is 0 Å². The summed E-state index contributed by atoms with van der Waals surface area (Å²) in [6.45, 7) is 8.11. The van der Waals surface area contributed by atoms with E-state index in [0.717, 1.165) is 12.8 Å². The van der Waals surface area contributed by atoms with E-state index in [2.05, 4.69) is 31.5 Å². The zero-order valence-electron chi connectivity index (χ0n) is 8.96. The average Bonchev–Trinajstić information content (AvgIpc) is 2.07. The third kappa shape index (κ3) is 2.62. The SMILES string of the molecule is C=C(C)C1CC=C(C)C(N=C(N)N)C1. The highest BCUT2D eigenvalue weighted by molar-refractivity contribution is 5.76. The average molecular weight is 193 g/mol. The summed E-state index contributed by atoms with van der Waals surface area (Å²) < 4.78 is 0. The molecule has 0 bridgehead atoms. The highest BCUT2D eigenvalue weighted by Crippen LogP contribution is 2.29. The van der Waals surface area contributed by atoms with Crippen molar-refractivity contribution in [2.45, 2.75) is 32.7 Å². The molecule has 0 aliphatic heterocycles. The Hall–Kier alpha value is -1.25. The maximum atomic E-state index is 5.39. The van der Waals surface area contributed by atoms with Gasteiger partial charge in [0.25, 0.3) is 0 Å². The van der Waals surface area contributed by atoms with Crippen molar-refractivity contribution in [1.29, 1.82) is 0 Å². The number of allylic oxidation sites excluding steroid dienone is 2. The Kier molecular flexibility index (Phi) is 3.33. The van der Waals surface area contributed by atoms with Crippen LogP contribution in [0.25, 0.3) is 0 Å². The largest absolute Gasteiger partial charge is 0.370 e. The number of rotatable bonds is 2. The standard InChI is InChI=1S/C11H19N3/c1-7(2)9-5-4-8(3)10(6-9)14-11(12)13/h4,9-10H,1,5-6H2,2-3H3,(H4,12,13,14). The number of nitrogens with two attached hydrogens (primary N) is 2. The van der Waals surface area contributed by atoms with Gasteiger partial charge in [-0.05, 0) is 32.6 Å². The van der Waals surface area contributed by atoms with Crippen LogP contribution in [0.3, 0.4) is 0 Å². The summed E-state index contributed by atoms with van der Waals surface area (Å²) in [7, 11) is 0. The number of hydrogen-bond donors (Lipinski definition) is 2. The van der Waals surface area contributed by atoms with Crippen LogP contribution >= 0.6 is 0 Å². The van der Waals surface area contributed by atoms with E-state index in [0.29, 0.717) is 5.92 Å². The second kappa shape index (κ2) is 4.31. The third-order valence-corrected chi connectivity index (χ3v) is 2.76. The molecule has 0 saturated heterocycles. The molecule has 0 spiro atoms. The summed E-state index contributed by atoms with van der Waals surface area (Å²) in [5.74, 6) is 0.692. The van der Waals surface area contributed by atoms with Gasteiger partial charge in [0, 0.05) is 0 Å². The van der Waals surface area contributed by atoms with Gasteiger partial charge in [0.15, 0.2) is 5.96 Å². The quantitative estimate of drug-likeness (QED) is 0.397. The van der Waals surface area contributed by atoms with Crippen molar-refractivity contribution < 1.29 is 0 Å². The van der Waals surface area contributed by atoms with E-state index in [4.69, 9.17) is 11.5 Å². The fraction of sp³-hybridized carbons (Fsp3) is 0.545. The van der Waals surface area contributed by atoms with E-state index in [1.807, 2.05) is 0 Å². The molecule has 78 valence electrons. The fourth-order valence-corrected chi connectivity index (χ4v) is 1.75. The lowest BCUT2D eigenvalue weighted by molar-refractivity contribution is 0.494. The molecule has 2 unspecified atom stereocenters. The highest BCUT2D eigenvalue weighted by atomic mass is 15.0. The molecule has 4 N–H and O–H groups in total. The Morgan fingerprint density at radius 3 is 2.71 bits per heavy atom. The molecular weight excluding hydrogens is 174 g/mol. The minimum atomic E-state index is 0.149. The monoisotopic (exact) mass is 193 g/mol. The Labute approximate surface area is 85.6 Å². The number of nitrogens with zero attached hydrogens (tertiary/aromatic N) is 1. The van der Waals surface area contributed by atoms with Crippen LogP contribution in [0, 0.1) is 5.92 Å².